The zero-order valence-corrected chi connectivity index (χ0v) is 10.9. The summed E-state index contributed by atoms with van der Waals surface area (Å²) in [6.07, 6.45) is 1.73. The number of nitrogens with one attached hydrogen (secondary N) is 1. The van der Waals surface area contributed by atoms with Crippen molar-refractivity contribution in [3.8, 4) is 17.3 Å². The normalized spacial score (nSPS) is 10.4. The van der Waals surface area contributed by atoms with Crippen molar-refractivity contribution in [2.45, 2.75) is 0 Å². The van der Waals surface area contributed by atoms with Crippen LogP contribution in [0, 0.1) is 11.3 Å². The third-order valence-electron chi connectivity index (χ3n) is 2.79. The van der Waals surface area contributed by atoms with E-state index in [-0.39, 0.29) is 0 Å². The first-order valence-electron chi connectivity index (χ1n) is 5.42. The van der Waals surface area contributed by atoms with Crippen LogP contribution < -0.4 is 0 Å². The van der Waals surface area contributed by atoms with E-state index in [1.165, 1.54) is 0 Å². The van der Waals surface area contributed by atoms with Crippen molar-refractivity contribution in [3.63, 3.8) is 0 Å². The first-order valence-corrected chi connectivity index (χ1v) is 6.21. The van der Waals surface area contributed by atoms with Gasteiger partial charge in [-0.2, -0.15) is 5.26 Å². The van der Waals surface area contributed by atoms with Crippen molar-refractivity contribution in [3.05, 3.63) is 52.8 Å². The smallest absolute Gasteiger partial charge is 0.128 e. The van der Waals surface area contributed by atoms with Crippen molar-refractivity contribution in [1.82, 2.24) is 9.97 Å². The highest BCUT2D eigenvalue weighted by molar-refractivity contribution is 9.10. The number of fused-ring (bicyclic) bond motifs is 1. The number of hydrogen-bond acceptors (Lipinski definition) is 2. The van der Waals surface area contributed by atoms with Crippen LogP contribution in [0.2, 0.25) is 0 Å². The molecule has 0 aliphatic carbocycles. The molecule has 3 aromatic rings. The molecule has 0 saturated carbocycles. The van der Waals surface area contributed by atoms with Gasteiger partial charge >= 0.3 is 0 Å². The van der Waals surface area contributed by atoms with Gasteiger partial charge in [-0.25, -0.2) is 0 Å². The number of H-pyrrole nitrogens is 1. The molecule has 0 amide bonds. The third-order valence-corrected chi connectivity index (χ3v) is 3.29. The molecule has 3 rings (SSSR count). The SMILES string of the molecule is N#Cc1[nH]c2ccc(Br)cc2c1-c1ccccn1. The number of hydrogen-bond donors (Lipinski definition) is 1. The number of pyridine rings is 1. The second-order valence-electron chi connectivity index (χ2n) is 3.89. The molecule has 86 valence electrons. The van der Waals surface area contributed by atoms with Gasteiger partial charge in [-0.1, -0.05) is 22.0 Å². The average molecular weight is 298 g/mol. The Kier molecular flexibility index (Phi) is 2.62. The number of rotatable bonds is 1. The highest BCUT2D eigenvalue weighted by atomic mass is 79.9. The Bertz CT molecular complexity index is 754. The zero-order chi connectivity index (χ0) is 12.5. The molecule has 0 fully saturated rings. The molecule has 2 heterocycles. The van der Waals surface area contributed by atoms with E-state index in [1.807, 2.05) is 36.4 Å². The predicted molar refractivity (Wildman–Crippen MR) is 73.9 cm³/mol. The molecule has 0 radical (unpaired) electrons. The van der Waals surface area contributed by atoms with Crippen molar-refractivity contribution in [2.75, 3.05) is 0 Å². The van der Waals surface area contributed by atoms with Crippen molar-refractivity contribution in [1.29, 1.82) is 5.26 Å². The average Bonchev–Trinajstić information content (AvgIpc) is 2.77. The summed E-state index contributed by atoms with van der Waals surface area (Å²) in [5.74, 6) is 0. The molecule has 0 unspecified atom stereocenters. The fourth-order valence-corrected chi connectivity index (χ4v) is 2.39. The van der Waals surface area contributed by atoms with E-state index < -0.39 is 0 Å². The number of nitrogens with zero attached hydrogens (tertiary/aromatic N) is 2. The number of nitriles is 1. The standard InChI is InChI=1S/C14H8BrN3/c15-9-4-5-11-10(7-9)14(13(8-16)18-11)12-3-1-2-6-17-12/h1-7,18H. The van der Waals surface area contributed by atoms with Crippen LogP contribution in [0.1, 0.15) is 5.69 Å². The summed E-state index contributed by atoms with van der Waals surface area (Å²) in [6, 6.07) is 13.8. The van der Waals surface area contributed by atoms with Gasteiger partial charge in [0.15, 0.2) is 0 Å². The van der Waals surface area contributed by atoms with Crippen LogP contribution in [0.3, 0.4) is 0 Å². The quantitative estimate of drug-likeness (QED) is 0.741. The second-order valence-corrected chi connectivity index (χ2v) is 4.81. The molecule has 0 saturated heterocycles. The lowest BCUT2D eigenvalue weighted by Crippen LogP contribution is -1.84. The molecule has 4 heteroatoms. The van der Waals surface area contributed by atoms with Gasteiger partial charge in [0.25, 0.3) is 0 Å². The molecule has 0 atom stereocenters. The van der Waals surface area contributed by atoms with Gasteiger partial charge in [0.1, 0.15) is 11.8 Å². The molecule has 3 nitrogen and oxygen atoms in total. The first kappa shape index (κ1) is 11.0. The van der Waals surface area contributed by atoms with E-state index in [2.05, 4.69) is 32.0 Å². The van der Waals surface area contributed by atoms with E-state index in [0.717, 1.165) is 26.6 Å². The highest BCUT2D eigenvalue weighted by Crippen LogP contribution is 2.32. The second kappa shape index (κ2) is 4.28. The van der Waals surface area contributed by atoms with Gasteiger partial charge in [0.2, 0.25) is 0 Å². The monoisotopic (exact) mass is 297 g/mol. The van der Waals surface area contributed by atoms with Crippen molar-refractivity contribution in [2.24, 2.45) is 0 Å². The minimum Gasteiger partial charge on any atom is -0.346 e. The predicted octanol–water partition coefficient (Wildman–Crippen LogP) is 3.86. The maximum atomic E-state index is 9.23. The van der Waals surface area contributed by atoms with Crippen LogP contribution in [-0.2, 0) is 0 Å². The minimum atomic E-state index is 0.543. The van der Waals surface area contributed by atoms with E-state index in [4.69, 9.17) is 0 Å². The molecular weight excluding hydrogens is 290 g/mol. The van der Waals surface area contributed by atoms with Gasteiger partial charge < -0.3 is 4.98 Å². The van der Waals surface area contributed by atoms with Crippen LogP contribution in [0.15, 0.2) is 47.1 Å². The summed E-state index contributed by atoms with van der Waals surface area (Å²) in [6.45, 7) is 0. The summed E-state index contributed by atoms with van der Waals surface area (Å²) in [4.78, 5) is 7.44. The third kappa shape index (κ3) is 1.69. The van der Waals surface area contributed by atoms with Gasteiger partial charge in [-0.3, -0.25) is 4.98 Å². The summed E-state index contributed by atoms with van der Waals surface area (Å²) < 4.78 is 0.982. The van der Waals surface area contributed by atoms with E-state index in [9.17, 15) is 5.26 Å². The van der Waals surface area contributed by atoms with Crippen LogP contribution in [0.5, 0.6) is 0 Å². The van der Waals surface area contributed by atoms with Crippen molar-refractivity contribution < 1.29 is 0 Å². The van der Waals surface area contributed by atoms with E-state index in [1.54, 1.807) is 6.20 Å². The molecule has 0 bridgehead atoms. The molecule has 18 heavy (non-hydrogen) atoms. The van der Waals surface area contributed by atoms with Gasteiger partial charge in [-0.05, 0) is 30.3 Å². The van der Waals surface area contributed by atoms with E-state index in [0.29, 0.717) is 5.69 Å². The summed E-state index contributed by atoms with van der Waals surface area (Å²) >= 11 is 3.45. The molecular formula is C14H8BrN3. The molecule has 0 aliphatic heterocycles. The lowest BCUT2D eigenvalue weighted by Gasteiger charge is -1.99. The summed E-state index contributed by atoms with van der Waals surface area (Å²) in [5, 5.41) is 10.2. The largest absolute Gasteiger partial charge is 0.346 e. The Balaban J connectivity index is 2.40. The van der Waals surface area contributed by atoms with Crippen LogP contribution in [0.25, 0.3) is 22.2 Å². The number of benzene rings is 1. The van der Waals surface area contributed by atoms with Crippen LogP contribution in [0.4, 0.5) is 0 Å². The first-order chi connectivity index (χ1) is 8.79. The number of aromatic nitrogens is 2. The van der Waals surface area contributed by atoms with Crippen LogP contribution in [-0.4, -0.2) is 9.97 Å². The molecule has 1 aromatic carbocycles. The Morgan fingerprint density at radius 2 is 2.11 bits per heavy atom. The van der Waals surface area contributed by atoms with Gasteiger partial charge in [0, 0.05) is 27.1 Å². The fraction of sp³-hybridized carbons (Fsp3) is 0. The molecule has 0 spiro atoms. The van der Waals surface area contributed by atoms with Crippen LogP contribution >= 0.6 is 15.9 Å². The summed E-state index contributed by atoms with van der Waals surface area (Å²) in [5.41, 5.74) is 3.14. The fourth-order valence-electron chi connectivity index (χ4n) is 2.02. The minimum absolute atomic E-state index is 0.543. The Labute approximate surface area is 112 Å². The Morgan fingerprint density at radius 1 is 1.22 bits per heavy atom. The maximum Gasteiger partial charge on any atom is 0.128 e. The lowest BCUT2D eigenvalue weighted by atomic mass is 10.1. The van der Waals surface area contributed by atoms with E-state index >= 15 is 0 Å². The van der Waals surface area contributed by atoms with Gasteiger partial charge in [0.05, 0.1) is 5.69 Å². The van der Waals surface area contributed by atoms with Crippen molar-refractivity contribution >= 4 is 26.8 Å². The topological polar surface area (TPSA) is 52.5 Å². The molecule has 2 aromatic heterocycles. The summed E-state index contributed by atoms with van der Waals surface area (Å²) in [7, 11) is 0. The Hall–Kier alpha value is -2.12. The molecule has 0 aliphatic rings. The van der Waals surface area contributed by atoms with Gasteiger partial charge in [-0.15, -0.1) is 0 Å². The maximum absolute atomic E-state index is 9.23. The highest BCUT2D eigenvalue weighted by Gasteiger charge is 2.14. The zero-order valence-electron chi connectivity index (χ0n) is 9.31. The lowest BCUT2D eigenvalue weighted by molar-refractivity contribution is 1.31. The number of aromatic amines is 1. The number of halogens is 1. The Morgan fingerprint density at radius 3 is 2.83 bits per heavy atom. The molecule has 1 N–H and O–H groups in total.